The van der Waals surface area contributed by atoms with Gasteiger partial charge < -0.3 is 27.5 Å². The zero-order valence-electron chi connectivity index (χ0n) is 13.8. The predicted molar refractivity (Wildman–Crippen MR) is 90.1 cm³/mol. The Kier molecular flexibility index (Phi) is 7.23. The Hall–Kier alpha value is -3.08. The summed E-state index contributed by atoms with van der Waals surface area (Å²) in [7, 11) is 1.22. The first-order valence-electron chi connectivity index (χ1n) is 6.79. The van der Waals surface area contributed by atoms with Crippen LogP contribution in [0.3, 0.4) is 0 Å². The van der Waals surface area contributed by atoms with Crippen LogP contribution in [0.25, 0.3) is 0 Å². The van der Waals surface area contributed by atoms with Gasteiger partial charge in [-0.3, -0.25) is 0 Å². The van der Waals surface area contributed by atoms with Crippen molar-refractivity contribution in [1.82, 2.24) is 0 Å². The molecule has 0 aliphatic carbocycles. The van der Waals surface area contributed by atoms with Crippen LogP contribution in [0.15, 0.2) is 12.1 Å². The van der Waals surface area contributed by atoms with Crippen molar-refractivity contribution in [3.05, 3.63) is 17.7 Å². The van der Waals surface area contributed by atoms with Crippen LogP contribution in [0.5, 0.6) is 17.2 Å². The minimum absolute atomic E-state index is 0.268. The van der Waals surface area contributed by atoms with E-state index in [1.807, 2.05) is 18.3 Å². The van der Waals surface area contributed by atoms with Crippen molar-refractivity contribution in [2.75, 3.05) is 21.3 Å². The molecule has 0 saturated heterocycles. The maximum Gasteiger partial charge on any atom is 0.725 e. The highest BCUT2D eigenvalue weighted by Crippen LogP contribution is 2.38. The first-order chi connectivity index (χ1) is 11.6. The van der Waals surface area contributed by atoms with Gasteiger partial charge in [-0.15, -0.1) is 0 Å². The van der Waals surface area contributed by atoms with Gasteiger partial charge >= 0.3 is 8.80 Å². The highest BCUT2D eigenvalue weighted by atomic mass is 28.4. The first kappa shape index (κ1) is 19.0. The molecule has 0 unspecified atom stereocenters. The number of methoxy groups -OCH3 is 3. The van der Waals surface area contributed by atoms with Gasteiger partial charge in [0.25, 0.3) is 0 Å². The molecule has 0 aromatic heterocycles. The summed E-state index contributed by atoms with van der Waals surface area (Å²) >= 11 is 0. The van der Waals surface area contributed by atoms with E-state index in [1.165, 1.54) is 21.3 Å². The van der Waals surface area contributed by atoms with Crippen LogP contribution in [-0.2, 0) is 19.7 Å². The topological polar surface area (TPSA) is 55.4 Å². The zero-order chi connectivity index (χ0) is 18.0. The van der Waals surface area contributed by atoms with Crippen molar-refractivity contribution in [2.45, 2.75) is 12.5 Å². The Morgan fingerprint density at radius 1 is 0.833 bits per heavy atom. The van der Waals surface area contributed by atoms with Crippen LogP contribution in [0.1, 0.15) is 5.56 Å². The van der Waals surface area contributed by atoms with E-state index in [2.05, 4.69) is 0 Å². The average molecular weight is 346 g/mol. The summed E-state index contributed by atoms with van der Waals surface area (Å²) in [4.78, 5) is 0. The van der Waals surface area contributed by atoms with Crippen LogP contribution in [-0.4, -0.2) is 30.1 Å². The predicted octanol–water partition coefficient (Wildman–Crippen LogP) is 2.02. The lowest BCUT2D eigenvalue weighted by atomic mass is 10.1. The fraction of sp³-hybridized carbons (Fsp3) is 0.294. The van der Waals surface area contributed by atoms with Gasteiger partial charge in [-0.05, 0) is 24.1 Å². The van der Waals surface area contributed by atoms with Gasteiger partial charge in [0.05, 0.1) is 45.7 Å². The van der Waals surface area contributed by atoms with Gasteiger partial charge in [-0.1, -0.05) is 19.3 Å². The molecule has 24 heavy (non-hydrogen) atoms. The highest BCUT2D eigenvalue weighted by Gasteiger charge is 2.48. The minimum Gasteiger partial charge on any atom is -0.493 e. The van der Waals surface area contributed by atoms with Crippen LogP contribution < -0.4 is 14.2 Å². The van der Waals surface area contributed by atoms with Crippen LogP contribution in [0.2, 0.25) is 6.04 Å². The lowest BCUT2D eigenvalue weighted by Crippen LogP contribution is -2.42. The number of hydrogen-bond acceptors (Lipinski definition) is 6. The fourth-order valence-corrected chi connectivity index (χ4v) is 3.63. The third-order valence-corrected chi connectivity index (χ3v) is 5.24. The molecule has 0 spiro atoms. The number of hydrogen-bond donors (Lipinski definition) is 0. The Morgan fingerprint density at radius 3 is 1.62 bits per heavy atom. The van der Waals surface area contributed by atoms with Gasteiger partial charge in [-0.2, -0.15) is 0 Å². The molecule has 0 bridgehead atoms. The van der Waals surface area contributed by atoms with E-state index in [-0.39, 0.29) is 6.04 Å². The summed E-state index contributed by atoms with van der Waals surface area (Å²) in [5, 5.41) is 0. The average Bonchev–Trinajstić information content (AvgIpc) is 2.59. The highest BCUT2D eigenvalue weighted by molar-refractivity contribution is 6.61. The van der Waals surface area contributed by atoms with Crippen molar-refractivity contribution >= 4 is 8.80 Å². The van der Waals surface area contributed by atoms with Crippen molar-refractivity contribution in [2.24, 2.45) is 0 Å². The van der Waals surface area contributed by atoms with Gasteiger partial charge in [-0.25, -0.2) is 0 Å². The van der Waals surface area contributed by atoms with Gasteiger partial charge in [0.15, 0.2) is 11.5 Å². The van der Waals surface area contributed by atoms with Crippen molar-refractivity contribution in [3.8, 4) is 54.8 Å². The molecule has 126 valence electrons. The molecule has 0 N–H and O–H groups in total. The Labute approximate surface area is 143 Å². The van der Waals surface area contributed by atoms with Crippen molar-refractivity contribution in [3.63, 3.8) is 0 Å². The SMILES string of the molecule is C#CO[Si](CCc1cc(OC)c(OC)c(OC)c1)(OC#C)OC#C. The third kappa shape index (κ3) is 4.46. The first-order valence-corrected chi connectivity index (χ1v) is 8.72. The van der Waals surface area contributed by atoms with E-state index >= 15 is 0 Å². The molecular formula is C17H18O6Si. The molecule has 1 aromatic carbocycles. The molecule has 7 heteroatoms. The Bertz CT molecular complexity index is 614. The summed E-state index contributed by atoms with van der Waals surface area (Å²) in [5.41, 5.74) is 0.850. The number of ether oxygens (including phenoxy) is 3. The third-order valence-electron chi connectivity index (χ3n) is 3.09. The number of aryl methyl sites for hydroxylation is 1. The molecule has 0 radical (unpaired) electrons. The number of rotatable bonds is 9. The van der Waals surface area contributed by atoms with Crippen molar-refractivity contribution in [1.29, 1.82) is 0 Å². The summed E-state index contributed by atoms with van der Waals surface area (Å²) in [6, 6.07) is 3.86. The summed E-state index contributed by atoms with van der Waals surface area (Å²) in [6.45, 7) is 0. The fourth-order valence-electron chi connectivity index (χ4n) is 2.06. The van der Waals surface area contributed by atoms with E-state index in [9.17, 15) is 0 Å². The molecule has 0 fully saturated rings. The van der Waals surface area contributed by atoms with Gasteiger partial charge in [0.2, 0.25) is 5.75 Å². The zero-order valence-corrected chi connectivity index (χ0v) is 14.8. The van der Waals surface area contributed by atoms with Crippen LogP contribution in [0.4, 0.5) is 0 Å². The largest absolute Gasteiger partial charge is 0.725 e. The molecule has 1 rings (SSSR count). The quantitative estimate of drug-likeness (QED) is 0.504. The van der Waals surface area contributed by atoms with Gasteiger partial charge in [0.1, 0.15) is 0 Å². The minimum atomic E-state index is -3.38. The van der Waals surface area contributed by atoms with Crippen molar-refractivity contribution < 1.29 is 27.5 Å². The lowest BCUT2D eigenvalue weighted by molar-refractivity contribution is 0.212. The maximum absolute atomic E-state index is 5.31. The monoisotopic (exact) mass is 346 g/mol. The molecule has 6 nitrogen and oxygen atoms in total. The Balaban J connectivity index is 3.09. The molecule has 0 aliphatic rings. The summed E-state index contributed by atoms with van der Waals surface area (Å²) in [6.07, 6.45) is 22.1. The summed E-state index contributed by atoms with van der Waals surface area (Å²) in [5.74, 6) is 1.53. The second-order valence-electron chi connectivity index (χ2n) is 4.38. The van der Waals surface area contributed by atoms with E-state index in [0.717, 1.165) is 5.56 Å². The number of benzene rings is 1. The lowest BCUT2D eigenvalue weighted by Gasteiger charge is -2.21. The Morgan fingerprint density at radius 2 is 1.29 bits per heavy atom. The molecule has 0 aliphatic heterocycles. The standard InChI is InChI=1S/C17H18O6Si/c1-7-21-24(22-8-2,23-9-3)11-10-14-12-15(18-4)17(20-6)16(13-14)19-5/h1-3,12-13H,10-11H2,4-6H3. The molecule has 1 aromatic rings. The van der Waals surface area contributed by atoms with E-state index in [4.69, 9.17) is 46.8 Å². The second kappa shape index (κ2) is 9.15. The number of terminal acetylenes is 3. The second-order valence-corrected chi connectivity index (χ2v) is 6.85. The molecule has 0 heterocycles. The molecule has 0 atom stereocenters. The van der Waals surface area contributed by atoms with E-state index < -0.39 is 8.80 Å². The summed E-state index contributed by atoms with van der Waals surface area (Å²) < 4.78 is 31.3. The normalized spacial score (nSPS) is 9.67. The molecular weight excluding hydrogens is 328 g/mol. The van der Waals surface area contributed by atoms with Crippen LogP contribution >= 0.6 is 0 Å². The van der Waals surface area contributed by atoms with Gasteiger partial charge in [0, 0.05) is 0 Å². The molecule has 0 saturated carbocycles. The van der Waals surface area contributed by atoms with Crippen LogP contribution in [0, 0.1) is 37.6 Å². The maximum atomic E-state index is 5.31. The van der Waals surface area contributed by atoms with E-state index in [0.29, 0.717) is 23.7 Å². The van der Waals surface area contributed by atoms with E-state index in [1.54, 1.807) is 12.1 Å². The smallest absolute Gasteiger partial charge is 0.493 e. The molecule has 0 amide bonds.